The van der Waals surface area contributed by atoms with E-state index in [1.165, 1.54) is 5.56 Å². The van der Waals surface area contributed by atoms with E-state index in [2.05, 4.69) is 108 Å². The van der Waals surface area contributed by atoms with E-state index in [0.717, 1.165) is 61.1 Å². The minimum Gasteiger partial charge on any atom is -0.438 e. The second-order valence-electron chi connectivity index (χ2n) is 11.3. The Morgan fingerprint density at radius 2 is 0.891 bits per heavy atom. The van der Waals surface area contributed by atoms with Crippen LogP contribution in [-0.4, -0.2) is 19.4 Å². The zero-order valence-electron chi connectivity index (χ0n) is 24.7. The second-order valence-corrected chi connectivity index (χ2v) is 11.3. The summed E-state index contributed by atoms with van der Waals surface area (Å²) in [5.74, 6) is 1.87. The Morgan fingerprint density at radius 3 is 1.63 bits per heavy atom. The molecule has 9 aromatic rings. The molecule has 216 valence electrons. The van der Waals surface area contributed by atoms with Crippen LogP contribution in [0.1, 0.15) is 0 Å². The normalized spacial score (nSPS) is 11.5. The van der Waals surface area contributed by atoms with Gasteiger partial charge in [-0.1, -0.05) is 133 Å². The molecule has 5 heteroatoms. The standard InChI is InChI=1S/C41H26N4O/c1-3-12-27(13-4-1)28-22-24-30(25-23-28)39-42-38(29-14-5-2-6-15-29)43-40(44-39)32-17-11-16-31(26-32)37-33-18-7-8-19-34(33)45-35-20-9-10-21-36(35)46-41(37)45/h1-26H. The molecule has 0 aliphatic heterocycles. The third kappa shape index (κ3) is 4.37. The molecular weight excluding hydrogens is 564 g/mol. The maximum atomic E-state index is 6.49. The Bertz CT molecular complexity index is 2510. The highest BCUT2D eigenvalue weighted by atomic mass is 16.3. The Hall–Kier alpha value is -6.33. The SMILES string of the molecule is c1ccc(-c2ccc(-c3nc(-c4ccccc4)nc(-c4cccc(-c5c6ccccc6n6c5oc5ccccc56)c4)n3)cc2)cc1. The molecular formula is C41H26N4O. The summed E-state index contributed by atoms with van der Waals surface area (Å²) in [5, 5.41) is 1.13. The predicted octanol–water partition coefficient (Wildman–Crippen LogP) is 10.4. The van der Waals surface area contributed by atoms with Crippen molar-refractivity contribution in [3.63, 3.8) is 0 Å². The zero-order chi connectivity index (χ0) is 30.5. The van der Waals surface area contributed by atoms with Crippen LogP contribution < -0.4 is 0 Å². The molecule has 0 bridgehead atoms. The van der Waals surface area contributed by atoms with Crippen molar-refractivity contribution in [3.05, 3.63) is 158 Å². The molecule has 0 aliphatic carbocycles. The predicted molar refractivity (Wildman–Crippen MR) is 185 cm³/mol. The summed E-state index contributed by atoms with van der Waals surface area (Å²) in [6.45, 7) is 0. The van der Waals surface area contributed by atoms with Crippen LogP contribution in [0, 0.1) is 0 Å². The molecule has 0 aliphatic rings. The smallest absolute Gasteiger partial charge is 0.213 e. The Balaban J connectivity index is 1.21. The van der Waals surface area contributed by atoms with Gasteiger partial charge in [-0.25, -0.2) is 15.0 Å². The lowest BCUT2D eigenvalue weighted by atomic mass is 10.0. The molecule has 0 fully saturated rings. The van der Waals surface area contributed by atoms with Gasteiger partial charge in [0.2, 0.25) is 5.71 Å². The number of para-hydroxylation sites is 3. The molecule has 0 saturated heterocycles. The van der Waals surface area contributed by atoms with Crippen molar-refractivity contribution >= 4 is 27.7 Å². The average Bonchev–Trinajstić information content (AvgIpc) is 3.67. The van der Waals surface area contributed by atoms with Crippen LogP contribution in [0.2, 0.25) is 0 Å². The molecule has 3 heterocycles. The summed E-state index contributed by atoms with van der Waals surface area (Å²) in [6, 6.07) is 53.8. The number of hydrogen-bond acceptors (Lipinski definition) is 4. The summed E-state index contributed by atoms with van der Waals surface area (Å²) in [7, 11) is 0. The van der Waals surface area contributed by atoms with Crippen molar-refractivity contribution in [3.8, 4) is 56.4 Å². The number of aromatic nitrogens is 4. The van der Waals surface area contributed by atoms with Gasteiger partial charge in [0, 0.05) is 22.1 Å². The average molecular weight is 591 g/mol. The van der Waals surface area contributed by atoms with E-state index < -0.39 is 0 Å². The lowest BCUT2D eigenvalue weighted by Crippen LogP contribution is -2.00. The van der Waals surface area contributed by atoms with E-state index in [4.69, 9.17) is 19.4 Å². The number of fused-ring (bicyclic) bond motifs is 5. The molecule has 9 rings (SSSR count). The second kappa shape index (κ2) is 10.7. The fraction of sp³-hybridized carbons (Fsp3) is 0. The number of nitrogens with zero attached hydrogens (tertiary/aromatic N) is 4. The number of oxazole rings is 1. The minimum atomic E-state index is 0.613. The molecule has 0 spiro atoms. The molecule has 5 nitrogen and oxygen atoms in total. The summed E-state index contributed by atoms with van der Waals surface area (Å²) in [5.41, 5.74) is 11.0. The van der Waals surface area contributed by atoms with Gasteiger partial charge in [-0.2, -0.15) is 0 Å². The van der Waals surface area contributed by atoms with E-state index in [1.54, 1.807) is 0 Å². The van der Waals surface area contributed by atoms with Crippen LogP contribution in [-0.2, 0) is 0 Å². The first-order valence-electron chi connectivity index (χ1n) is 15.3. The fourth-order valence-corrected chi connectivity index (χ4v) is 6.27. The molecule has 0 radical (unpaired) electrons. The van der Waals surface area contributed by atoms with Crippen LogP contribution in [0.25, 0.3) is 84.1 Å². The van der Waals surface area contributed by atoms with Crippen LogP contribution >= 0.6 is 0 Å². The summed E-state index contributed by atoms with van der Waals surface area (Å²) < 4.78 is 8.69. The molecule has 3 aromatic heterocycles. The van der Waals surface area contributed by atoms with Crippen molar-refractivity contribution in [1.82, 2.24) is 19.4 Å². The van der Waals surface area contributed by atoms with Gasteiger partial charge in [0.25, 0.3) is 0 Å². The maximum absolute atomic E-state index is 6.49. The van der Waals surface area contributed by atoms with Gasteiger partial charge in [-0.15, -0.1) is 0 Å². The number of benzene rings is 6. The van der Waals surface area contributed by atoms with Crippen molar-refractivity contribution in [2.75, 3.05) is 0 Å². The van der Waals surface area contributed by atoms with Crippen molar-refractivity contribution in [2.24, 2.45) is 0 Å². The minimum absolute atomic E-state index is 0.613. The number of rotatable bonds is 5. The zero-order valence-corrected chi connectivity index (χ0v) is 24.7. The Kier molecular flexibility index (Phi) is 6.06. The summed E-state index contributed by atoms with van der Waals surface area (Å²) in [6.07, 6.45) is 0. The largest absolute Gasteiger partial charge is 0.438 e. The molecule has 0 saturated carbocycles. The third-order valence-electron chi connectivity index (χ3n) is 8.47. The van der Waals surface area contributed by atoms with Crippen LogP contribution in [0.15, 0.2) is 162 Å². The van der Waals surface area contributed by atoms with E-state index in [-0.39, 0.29) is 0 Å². The lowest BCUT2D eigenvalue weighted by molar-refractivity contribution is 0.658. The molecule has 0 unspecified atom stereocenters. The van der Waals surface area contributed by atoms with Crippen molar-refractivity contribution < 1.29 is 4.42 Å². The molecule has 0 atom stereocenters. The highest BCUT2D eigenvalue weighted by Gasteiger charge is 2.20. The highest BCUT2D eigenvalue weighted by Crippen LogP contribution is 2.40. The Morgan fingerprint density at radius 1 is 0.391 bits per heavy atom. The van der Waals surface area contributed by atoms with E-state index >= 15 is 0 Å². The monoisotopic (exact) mass is 590 g/mol. The van der Waals surface area contributed by atoms with E-state index in [1.807, 2.05) is 54.6 Å². The molecule has 0 amide bonds. The molecule has 6 aromatic carbocycles. The van der Waals surface area contributed by atoms with Gasteiger partial charge in [0.1, 0.15) is 0 Å². The van der Waals surface area contributed by atoms with Gasteiger partial charge in [-0.05, 0) is 41.0 Å². The van der Waals surface area contributed by atoms with Gasteiger partial charge >= 0.3 is 0 Å². The third-order valence-corrected chi connectivity index (χ3v) is 8.47. The first kappa shape index (κ1) is 26.1. The molecule has 0 N–H and O–H groups in total. The van der Waals surface area contributed by atoms with Gasteiger partial charge in [0.05, 0.1) is 16.6 Å². The highest BCUT2D eigenvalue weighted by molar-refractivity contribution is 6.07. The van der Waals surface area contributed by atoms with Gasteiger partial charge < -0.3 is 4.42 Å². The van der Waals surface area contributed by atoms with Crippen molar-refractivity contribution in [2.45, 2.75) is 0 Å². The fourth-order valence-electron chi connectivity index (χ4n) is 6.27. The van der Waals surface area contributed by atoms with Gasteiger partial charge in [0.15, 0.2) is 23.1 Å². The van der Waals surface area contributed by atoms with Gasteiger partial charge in [-0.3, -0.25) is 4.40 Å². The number of hydrogen-bond donors (Lipinski definition) is 0. The molecule has 46 heavy (non-hydrogen) atoms. The van der Waals surface area contributed by atoms with Crippen LogP contribution in [0.4, 0.5) is 0 Å². The first-order valence-corrected chi connectivity index (χ1v) is 15.3. The van der Waals surface area contributed by atoms with E-state index in [9.17, 15) is 0 Å². The Labute approximate surface area is 265 Å². The first-order chi connectivity index (χ1) is 22.8. The lowest BCUT2D eigenvalue weighted by Gasteiger charge is -2.10. The van der Waals surface area contributed by atoms with Crippen LogP contribution in [0.3, 0.4) is 0 Å². The summed E-state index contributed by atoms with van der Waals surface area (Å²) in [4.78, 5) is 15.0. The topological polar surface area (TPSA) is 56.2 Å². The quantitative estimate of drug-likeness (QED) is 0.200. The maximum Gasteiger partial charge on any atom is 0.213 e. The van der Waals surface area contributed by atoms with Crippen LogP contribution in [0.5, 0.6) is 0 Å². The van der Waals surface area contributed by atoms with E-state index in [0.29, 0.717) is 17.5 Å². The van der Waals surface area contributed by atoms with Crippen molar-refractivity contribution in [1.29, 1.82) is 0 Å². The summed E-state index contributed by atoms with van der Waals surface area (Å²) >= 11 is 0.